The van der Waals surface area contributed by atoms with Gasteiger partial charge in [0.2, 0.25) is 0 Å². The van der Waals surface area contributed by atoms with Crippen molar-refractivity contribution in [1.82, 2.24) is 14.6 Å². The van der Waals surface area contributed by atoms with E-state index < -0.39 is 0 Å². The van der Waals surface area contributed by atoms with Gasteiger partial charge in [0.05, 0.1) is 4.47 Å². The van der Waals surface area contributed by atoms with E-state index in [-0.39, 0.29) is 0 Å². The largest absolute Gasteiger partial charge is 0.486 e. The number of rotatable bonds is 3. The van der Waals surface area contributed by atoms with E-state index in [4.69, 9.17) is 4.74 Å². The SMILES string of the molecule is Brc1cccn2c(COc3ccccc3)nnc12. The highest BCUT2D eigenvalue weighted by atomic mass is 79.9. The van der Waals surface area contributed by atoms with E-state index in [2.05, 4.69) is 26.1 Å². The van der Waals surface area contributed by atoms with Gasteiger partial charge in [-0.3, -0.25) is 4.40 Å². The number of hydrogen-bond acceptors (Lipinski definition) is 3. The molecule has 2 heterocycles. The summed E-state index contributed by atoms with van der Waals surface area (Å²) in [6, 6.07) is 13.5. The quantitative estimate of drug-likeness (QED) is 0.746. The van der Waals surface area contributed by atoms with Crippen molar-refractivity contribution in [3.8, 4) is 5.75 Å². The zero-order chi connectivity index (χ0) is 12.4. The number of pyridine rings is 1. The van der Waals surface area contributed by atoms with Crippen molar-refractivity contribution in [3.05, 3.63) is 59.0 Å². The van der Waals surface area contributed by atoms with Crippen LogP contribution in [0.2, 0.25) is 0 Å². The molecular formula is C13H10BrN3O. The molecule has 18 heavy (non-hydrogen) atoms. The fourth-order valence-electron chi connectivity index (χ4n) is 1.69. The van der Waals surface area contributed by atoms with Crippen LogP contribution in [0, 0.1) is 0 Å². The predicted molar refractivity (Wildman–Crippen MR) is 71.5 cm³/mol. The maximum atomic E-state index is 5.66. The fraction of sp³-hybridized carbons (Fsp3) is 0.0769. The van der Waals surface area contributed by atoms with Crippen LogP contribution in [0.25, 0.3) is 5.65 Å². The van der Waals surface area contributed by atoms with Crippen molar-refractivity contribution in [2.24, 2.45) is 0 Å². The van der Waals surface area contributed by atoms with Crippen molar-refractivity contribution in [2.45, 2.75) is 6.61 Å². The summed E-state index contributed by atoms with van der Waals surface area (Å²) in [7, 11) is 0. The van der Waals surface area contributed by atoms with Crippen molar-refractivity contribution >= 4 is 21.6 Å². The van der Waals surface area contributed by atoms with Crippen LogP contribution < -0.4 is 4.74 Å². The zero-order valence-electron chi connectivity index (χ0n) is 9.45. The predicted octanol–water partition coefficient (Wildman–Crippen LogP) is 3.07. The van der Waals surface area contributed by atoms with E-state index in [9.17, 15) is 0 Å². The van der Waals surface area contributed by atoms with Crippen LogP contribution in [0.4, 0.5) is 0 Å². The standard InChI is InChI=1S/C13H10BrN3O/c14-11-7-4-8-17-12(15-16-13(11)17)9-18-10-5-2-1-3-6-10/h1-8H,9H2. The molecule has 0 saturated heterocycles. The first-order chi connectivity index (χ1) is 8.84. The lowest BCUT2D eigenvalue weighted by Gasteiger charge is -2.04. The fourth-order valence-corrected chi connectivity index (χ4v) is 2.12. The summed E-state index contributed by atoms with van der Waals surface area (Å²) in [4.78, 5) is 0. The molecule has 0 aliphatic rings. The number of para-hydroxylation sites is 1. The molecule has 3 aromatic rings. The van der Waals surface area contributed by atoms with Gasteiger partial charge in [0, 0.05) is 6.20 Å². The molecule has 5 heteroatoms. The van der Waals surface area contributed by atoms with E-state index in [1.807, 2.05) is 53.1 Å². The Labute approximate surface area is 112 Å². The van der Waals surface area contributed by atoms with Crippen molar-refractivity contribution < 1.29 is 4.74 Å². The van der Waals surface area contributed by atoms with E-state index in [0.717, 1.165) is 21.7 Å². The Morgan fingerprint density at radius 2 is 1.89 bits per heavy atom. The third kappa shape index (κ3) is 2.09. The topological polar surface area (TPSA) is 39.4 Å². The number of fused-ring (bicyclic) bond motifs is 1. The zero-order valence-corrected chi connectivity index (χ0v) is 11.0. The second-order valence-electron chi connectivity index (χ2n) is 3.77. The average molecular weight is 304 g/mol. The molecule has 0 aliphatic carbocycles. The molecule has 0 aliphatic heterocycles. The normalized spacial score (nSPS) is 10.7. The monoisotopic (exact) mass is 303 g/mol. The van der Waals surface area contributed by atoms with Crippen molar-refractivity contribution in [1.29, 1.82) is 0 Å². The van der Waals surface area contributed by atoms with Gasteiger partial charge in [-0.05, 0) is 40.2 Å². The second-order valence-corrected chi connectivity index (χ2v) is 4.62. The number of aromatic nitrogens is 3. The molecule has 0 atom stereocenters. The molecule has 0 fully saturated rings. The summed E-state index contributed by atoms with van der Waals surface area (Å²) in [5.74, 6) is 1.60. The molecule has 0 radical (unpaired) electrons. The first-order valence-corrected chi connectivity index (χ1v) is 6.30. The van der Waals surface area contributed by atoms with E-state index in [1.54, 1.807) is 0 Å². The number of hydrogen-bond donors (Lipinski definition) is 0. The Morgan fingerprint density at radius 1 is 1.06 bits per heavy atom. The molecular weight excluding hydrogens is 294 g/mol. The number of nitrogens with zero attached hydrogens (tertiary/aromatic N) is 3. The molecule has 0 bridgehead atoms. The third-order valence-electron chi connectivity index (χ3n) is 2.57. The van der Waals surface area contributed by atoms with Gasteiger partial charge >= 0.3 is 0 Å². The van der Waals surface area contributed by atoms with E-state index in [0.29, 0.717) is 6.61 Å². The number of ether oxygens (including phenoxy) is 1. The van der Waals surface area contributed by atoms with Crippen LogP contribution in [-0.2, 0) is 6.61 Å². The number of benzene rings is 1. The Bertz CT molecular complexity index is 666. The van der Waals surface area contributed by atoms with Gasteiger partial charge < -0.3 is 4.74 Å². The minimum absolute atomic E-state index is 0.391. The third-order valence-corrected chi connectivity index (χ3v) is 3.19. The molecule has 90 valence electrons. The van der Waals surface area contributed by atoms with E-state index >= 15 is 0 Å². The Balaban J connectivity index is 1.85. The summed E-state index contributed by atoms with van der Waals surface area (Å²) in [5, 5.41) is 8.25. The smallest absolute Gasteiger partial charge is 0.175 e. The number of halogens is 1. The molecule has 0 spiro atoms. The van der Waals surface area contributed by atoms with Crippen molar-refractivity contribution in [2.75, 3.05) is 0 Å². The Kier molecular flexibility index (Phi) is 2.98. The summed E-state index contributed by atoms with van der Waals surface area (Å²) < 4.78 is 8.49. The highest BCUT2D eigenvalue weighted by Crippen LogP contribution is 2.17. The molecule has 0 amide bonds. The van der Waals surface area contributed by atoms with Crippen LogP contribution >= 0.6 is 15.9 Å². The minimum Gasteiger partial charge on any atom is -0.486 e. The van der Waals surface area contributed by atoms with Gasteiger partial charge in [0.25, 0.3) is 0 Å². The molecule has 0 N–H and O–H groups in total. The summed E-state index contributed by atoms with van der Waals surface area (Å²) in [6.07, 6.45) is 1.92. The maximum Gasteiger partial charge on any atom is 0.175 e. The van der Waals surface area contributed by atoms with Crippen LogP contribution in [0.5, 0.6) is 5.75 Å². The molecule has 1 aromatic carbocycles. The Hall–Kier alpha value is -1.88. The molecule has 0 unspecified atom stereocenters. The molecule has 0 saturated carbocycles. The van der Waals surface area contributed by atoms with Gasteiger partial charge in [-0.1, -0.05) is 18.2 Å². The second kappa shape index (κ2) is 4.78. The van der Waals surface area contributed by atoms with Gasteiger partial charge in [0.1, 0.15) is 12.4 Å². The summed E-state index contributed by atoms with van der Waals surface area (Å²) in [6.45, 7) is 0.391. The minimum atomic E-state index is 0.391. The maximum absolute atomic E-state index is 5.66. The molecule has 4 nitrogen and oxygen atoms in total. The lowest BCUT2D eigenvalue weighted by Crippen LogP contribution is -2.01. The Morgan fingerprint density at radius 3 is 2.72 bits per heavy atom. The average Bonchev–Trinajstić information content (AvgIpc) is 2.82. The van der Waals surface area contributed by atoms with Crippen LogP contribution in [-0.4, -0.2) is 14.6 Å². The van der Waals surface area contributed by atoms with Crippen LogP contribution in [0.15, 0.2) is 53.1 Å². The van der Waals surface area contributed by atoms with Gasteiger partial charge in [-0.2, -0.15) is 0 Å². The summed E-state index contributed by atoms with van der Waals surface area (Å²) >= 11 is 3.44. The van der Waals surface area contributed by atoms with Crippen LogP contribution in [0.1, 0.15) is 5.82 Å². The lowest BCUT2D eigenvalue weighted by molar-refractivity contribution is 0.294. The van der Waals surface area contributed by atoms with E-state index in [1.165, 1.54) is 0 Å². The first kappa shape index (κ1) is 11.2. The highest BCUT2D eigenvalue weighted by Gasteiger charge is 2.07. The lowest BCUT2D eigenvalue weighted by atomic mass is 10.3. The van der Waals surface area contributed by atoms with Gasteiger partial charge in [-0.25, -0.2) is 0 Å². The van der Waals surface area contributed by atoms with Crippen molar-refractivity contribution in [3.63, 3.8) is 0 Å². The molecule has 2 aromatic heterocycles. The van der Waals surface area contributed by atoms with Crippen LogP contribution in [0.3, 0.4) is 0 Å². The van der Waals surface area contributed by atoms with Gasteiger partial charge in [0.15, 0.2) is 11.5 Å². The first-order valence-electron chi connectivity index (χ1n) is 5.50. The molecule has 3 rings (SSSR count). The highest BCUT2D eigenvalue weighted by molar-refractivity contribution is 9.10. The van der Waals surface area contributed by atoms with Gasteiger partial charge in [-0.15, -0.1) is 10.2 Å². The summed E-state index contributed by atoms with van der Waals surface area (Å²) in [5.41, 5.74) is 0.796.